The molecule has 7 nitrogen and oxygen atoms in total. The molecule has 2 heterocycles. The first-order valence-electron chi connectivity index (χ1n) is 10.3. The minimum Gasteiger partial charge on any atom is -0.465 e. The lowest BCUT2D eigenvalue weighted by Crippen LogP contribution is -2.27. The molecule has 9 heteroatoms. The Hall–Kier alpha value is -3.33. The van der Waals surface area contributed by atoms with Crippen LogP contribution in [0.15, 0.2) is 35.1 Å². The Labute approximate surface area is 187 Å². The van der Waals surface area contributed by atoms with E-state index < -0.39 is 28.8 Å². The van der Waals surface area contributed by atoms with Gasteiger partial charge in [0.1, 0.15) is 16.5 Å². The molecule has 0 atom stereocenters. The number of nitrogens with zero attached hydrogens (tertiary/aromatic N) is 2. The number of anilines is 1. The summed E-state index contributed by atoms with van der Waals surface area (Å²) in [5.74, 6) is -1.82. The molecule has 1 aliphatic rings. The van der Waals surface area contributed by atoms with E-state index in [-0.39, 0.29) is 5.69 Å². The number of benzene rings is 1. The molecule has 0 radical (unpaired) electrons. The monoisotopic (exact) mass is 455 g/mol. The first-order chi connectivity index (χ1) is 15.4. The van der Waals surface area contributed by atoms with Gasteiger partial charge in [0.25, 0.3) is 5.91 Å². The molecule has 2 aromatic heterocycles. The summed E-state index contributed by atoms with van der Waals surface area (Å²) in [7, 11) is 1.29. The number of aryl methyl sites for hydroxylation is 2. The molecule has 0 bridgehead atoms. The van der Waals surface area contributed by atoms with Gasteiger partial charge < -0.3 is 10.1 Å². The van der Waals surface area contributed by atoms with Gasteiger partial charge in [-0.25, -0.2) is 13.9 Å². The number of amides is 1. The SMILES string of the molecule is COC(=O)c1c(NC(=O)c2nn(-c3ccccc3F)c(C)cc2=O)sc2c1CCCCC2. The van der Waals surface area contributed by atoms with Gasteiger partial charge in [-0.1, -0.05) is 18.6 Å². The van der Waals surface area contributed by atoms with Crippen LogP contribution >= 0.6 is 11.3 Å². The van der Waals surface area contributed by atoms with E-state index in [0.717, 1.165) is 42.5 Å². The van der Waals surface area contributed by atoms with E-state index in [2.05, 4.69) is 10.4 Å². The predicted octanol–water partition coefficient (Wildman–Crippen LogP) is 4.05. The largest absolute Gasteiger partial charge is 0.465 e. The Bertz CT molecular complexity index is 1260. The van der Waals surface area contributed by atoms with Gasteiger partial charge in [0, 0.05) is 16.6 Å². The number of carbonyl (C=O) groups excluding carboxylic acids is 2. The predicted molar refractivity (Wildman–Crippen MR) is 119 cm³/mol. The minimum atomic E-state index is -0.762. The molecular weight excluding hydrogens is 433 g/mol. The third-order valence-corrected chi connectivity index (χ3v) is 6.65. The second kappa shape index (κ2) is 9.04. The molecule has 0 aliphatic heterocycles. The zero-order chi connectivity index (χ0) is 22.8. The van der Waals surface area contributed by atoms with Crippen LogP contribution in [0.5, 0.6) is 0 Å². The first-order valence-corrected chi connectivity index (χ1v) is 11.1. The van der Waals surface area contributed by atoms with Crippen molar-refractivity contribution in [3.8, 4) is 5.69 Å². The highest BCUT2D eigenvalue weighted by molar-refractivity contribution is 7.17. The van der Waals surface area contributed by atoms with E-state index in [0.29, 0.717) is 16.3 Å². The third-order valence-electron chi connectivity index (χ3n) is 5.44. The first kappa shape index (κ1) is 21.9. The van der Waals surface area contributed by atoms with Crippen LogP contribution in [0.1, 0.15) is 56.2 Å². The Morgan fingerprint density at radius 1 is 1.19 bits per heavy atom. The molecule has 0 spiro atoms. The van der Waals surface area contributed by atoms with Crippen LogP contribution < -0.4 is 10.7 Å². The van der Waals surface area contributed by atoms with Crippen LogP contribution in [0.2, 0.25) is 0 Å². The van der Waals surface area contributed by atoms with E-state index in [1.807, 2.05) is 0 Å². The summed E-state index contributed by atoms with van der Waals surface area (Å²) in [5.41, 5.74) is 0.759. The van der Waals surface area contributed by atoms with Gasteiger partial charge in [-0.05, 0) is 50.3 Å². The number of halogens is 1. The topological polar surface area (TPSA) is 90.3 Å². The Morgan fingerprint density at radius 2 is 1.94 bits per heavy atom. The summed E-state index contributed by atoms with van der Waals surface area (Å²) in [6, 6.07) is 7.19. The van der Waals surface area contributed by atoms with E-state index in [1.165, 1.54) is 41.3 Å². The number of fused-ring (bicyclic) bond motifs is 1. The number of hydrogen-bond donors (Lipinski definition) is 1. The van der Waals surface area contributed by atoms with E-state index in [9.17, 15) is 18.8 Å². The van der Waals surface area contributed by atoms with Crippen molar-refractivity contribution in [2.75, 3.05) is 12.4 Å². The number of methoxy groups -OCH3 is 1. The van der Waals surface area contributed by atoms with Gasteiger partial charge in [0.2, 0.25) is 5.43 Å². The number of nitrogens with one attached hydrogen (secondary N) is 1. The molecule has 3 aromatic rings. The molecule has 166 valence electrons. The average Bonchev–Trinajstić information content (AvgIpc) is 2.94. The van der Waals surface area contributed by atoms with Crippen LogP contribution in [0.4, 0.5) is 9.39 Å². The number of aromatic nitrogens is 2. The summed E-state index contributed by atoms with van der Waals surface area (Å²) >= 11 is 1.32. The molecule has 1 aliphatic carbocycles. The van der Waals surface area contributed by atoms with Crippen molar-refractivity contribution >= 4 is 28.2 Å². The van der Waals surface area contributed by atoms with Crippen LogP contribution in [-0.4, -0.2) is 28.8 Å². The maximum Gasteiger partial charge on any atom is 0.341 e. The second-order valence-electron chi connectivity index (χ2n) is 7.58. The molecule has 4 rings (SSSR count). The molecule has 1 N–H and O–H groups in total. The highest BCUT2D eigenvalue weighted by Crippen LogP contribution is 2.38. The zero-order valence-electron chi connectivity index (χ0n) is 17.7. The fourth-order valence-electron chi connectivity index (χ4n) is 3.88. The minimum absolute atomic E-state index is 0.122. The molecule has 0 fully saturated rings. The van der Waals surface area contributed by atoms with Gasteiger partial charge in [0.15, 0.2) is 5.69 Å². The van der Waals surface area contributed by atoms with Crippen molar-refractivity contribution in [3.63, 3.8) is 0 Å². The van der Waals surface area contributed by atoms with Gasteiger partial charge in [-0.2, -0.15) is 5.10 Å². The van der Waals surface area contributed by atoms with Gasteiger partial charge in [0.05, 0.1) is 12.7 Å². The molecule has 0 unspecified atom stereocenters. The van der Waals surface area contributed by atoms with Crippen LogP contribution in [0.25, 0.3) is 5.69 Å². The smallest absolute Gasteiger partial charge is 0.341 e. The lowest BCUT2D eigenvalue weighted by Gasteiger charge is -2.12. The molecule has 32 heavy (non-hydrogen) atoms. The summed E-state index contributed by atoms with van der Waals surface area (Å²) in [5, 5.41) is 7.15. The van der Waals surface area contributed by atoms with Gasteiger partial charge in [-0.3, -0.25) is 9.59 Å². The van der Waals surface area contributed by atoms with Crippen molar-refractivity contribution in [2.24, 2.45) is 0 Å². The van der Waals surface area contributed by atoms with Crippen molar-refractivity contribution in [2.45, 2.75) is 39.0 Å². The lowest BCUT2D eigenvalue weighted by atomic mass is 10.1. The summed E-state index contributed by atoms with van der Waals surface area (Å²) in [4.78, 5) is 39.1. The Kier molecular flexibility index (Phi) is 6.18. The maximum absolute atomic E-state index is 14.3. The van der Waals surface area contributed by atoms with Crippen molar-refractivity contribution in [1.29, 1.82) is 0 Å². The van der Waals surface area contributed by atoms with Crippen molar-refractivity contribution < 1.29 is 18.7 Å². The second-order valence-corrected chi connectivity index (χ2v) is 8.68. The lowest BCUT2D eigenvalue weighted by molar-refractivity contribution is 0.0601. The number of para-hydroxylation sites is 1. The van der Waals surface area contributed by atoms with Gasteiger partial charge in [-0.15, -0.1) is 11.3 Å². The van der Waals surface area contributed by atoms with Crippen LogP contribution in [0.3, 0.4) is 0 Å². The normalized spacial score (nSPS) is 13.2. The van der Waals surface area contributed by atoms with Gasteiger partial charge >= 0.3 is 5.97 Å². The standard InChI is InChI=1S/C23H22FN3O4S/c1-13-12-17(28)20(26-27(13)16-10-7-6-9-15(16)24)21(29)25-22-19(23(30)31-2)14-8-4-3-5-11-18(14)32-22/h6-7,9-10,12H,3-5,8,11H2,1-2H3,(H,25,29). The molecular formula is C23H22FN3O4S. The highest BCUT2D eigenvalue weighted by Gasteiger charge is 2.27. The van der Waals surface area contributed by atoms with E-state index in [4.69, 9.17) is 4.74 Å². The summed E-state index contributed by atoms with van der Waals surface area (Å²) in [6.07, 6.45) is 4.59. The highest BCUT2D eigenvalue weighted by atomic mass is 32.1. The zero-order valence-corrected chi connectivity index (χ0v) is 18.6. The number of carbonyl (C=O) groups is 2. The molecule has 0 saturated carbocycles. The number of hydrogen-bond acceptors (Lipinski definition) is 6. The number of thiophene rings is 1. The summed E-state index contributed by atoms with van der Waals surface area (Å²) < 4.78 is 20.5. The fourth-order valence-corrected chi connectivity index (χ4v) is 5.16. The number of esters is 1. The van der Waals surface area contributed by atoms with Crippen molar-refractivity contribution in [1.82, 2.24) is 9.78 Å². The van der Waals surface area contributed by atoms with Crippen LogP contribution in [0, 0.1) is 12.7 Å². The molecule has 0 saturated heterocycles. The molecule has 1 amide bonds. The van der Waals surface area contributed by atoms with Crippen molar-refractivity contribution in [3.05, 3.63) is 73.8 Å². The molecule has 1 aromatic carbocycles. The van der Waals surface area contributed by atoms with E-state index in [1.54, 1.807) is 19.1 Å². The summed E-state index contributed by atoms with van der Waals surface area (Å²) in [6.45, 7) is 1.61. The Balaban J connectivity index is 1.74. The van der Waals surface area contributed by atoms with Crippen LogP contribution in [-0.2, 0) is 17.6 Å². The maximum atomic E-state index is 14.3. The fraction of sp³-hybridized carbons (Fsp3) is 0.304. The third kappa shape index (κ3) is 4.08. The number of ether oxygens (including phenoxy) is 1. The quantitative estimate of drug-likeness (QED) is 0.474. The Morgan fingerprint density at radius 3 is 2.69 bits per heavy atom. The number of rotatable bonds is 4. The average molecular weight is 456 g/mol. The van der Waals surface area contributed by atoms with E-state index >= 15 is 0 Å².